The average molecular weight is 225 g/mol. The van der Waals surface area contributed by atoms with Crippen molar-refractivity contribution in [2.45, 2.75) is 62.3 Å². The van der Waals surface area contributed by atoms with Crippen molar-refractivity contribution in [2.24, 2.45) is 11.8 Å². The van der Waals surface area contributed by atoms with Crippen LogP contribution in [0.2, 0.25) is 0 Å². The first-order valence-corrected chi connectivity index (χ1v) is 7.93. The third kappa shape index (κ3) is 2.08. The minimum Gasteiger partial charge on any atom is -0.311 e. The third-order valence-corrected chi connectivity index (χ3v) is 6.00. The fraction of sp³-hybridized carbons (Fsp3) is 1.00. The Kier molecular flexibility index (Phi) is 2.99. The van der Waals surface area contributed by atoms with E-state index in [0.717, 1.165) is 29.2 Å². The van der Waals surface area contributed by atoms with Crippen LogP contribution < -0.4 is 5.32 Å². The number of thioether (sulfide) groups is 1. The molecule has 0 saturated heterocycles. The summed E-state index contributed by atoms with van der Waals surface area (Å²) in [6.07, 6.45) is 12.6. The van der Waals surface area contributed by atoms with Crippen LogP contribution in [-0.2, 0) is 0 Å². The van der Waals surface area contributed by atoms with E-state index in [0.29, 0.717) is 0 Å². The second-order valence-electron chi connectivity index (χ2n) is 5.82. The number of rotatable bonds is 3. The Morgan fingerprint density at radius 3 is 2.53 bits per heavy atom. The maximum Gasteiger partial charge on any atom is 0.0101 e. The second kappa shape index (κ2) is 4.29. The first-order chi connectivity index (χ1) is 7.35. The second-order valence-corrected chi connectivity index (χ2v) is 6.95. The van der Waals surface area contributed by atoms with Gasteiger partial charge in [0, 0.05) is 17.3 Å². The molecule has 1 N–H and O–H groups in total. The molecule has 15 heavy (non-hydrogen) atoms. The van der Waals surface area contributed by atoms with E-state index >= 15 is 0 Å². The molecule has 1 nitrogen and oxygen atoms in total. The van der Waals surface area contributed by atoms with Crippen molar-refractivity contribution < 1.29 is 0 Å². The van der Waals surface area contributed by atoms with E-state index in [1.807, 2.05) is 0 Å². The molecule has 86 valence electrons. The minimum atomic E-state index is 0.854. The lowest BCUT2D eigenvalue weighted by Crippen LogP contribution is -2.40. The van der Waals surface area contributed by atoms with Gasteiger partial charge in [-0.3, -0.25) is 0 Å². The van der Waals surface area contributed by atoms with E-state index in [-0.39, 0.29) is 0 Å². The van der Waals surface area contributed by atoms with Crippen LogP contribution in [0.5, 0.6) is 0 Å². The summed E-state index contributed by atoms with van der Waals surface area (Å²) in [4.78, 5) is 0. The van der Waals surface area contributed by atoms with Crippen LogP contribution in [-0.4, -0.2) is 23.6 Å². The van der Waals surface area contributed by atoms with E-state index in [4.69, 9.17) is 0 Å². The molecule has 3 aliphatic rings. The largest absolute Gasteiger partial charge is 0.311 e. The molecule has 2 heteroatoms. The van der Waals surface area contributed by atoms with Gasteiger partial charge in [-0.2, -0.15) is 11.8 Å². The maximum atomic E-state index is 3.96. The van der Waals surface area contributed by atoms with Crippen LogP contribution in [0.3, 0.4) is 0 Å². The standard InChI is InChI=1S/C13H23NS/c1-15-12-5-4-11(8-12)14-13-7-9-2-3-10(13)6-9/h9-14H,2-8H2,1H3. The lowest BCUT2D eigenvalue weighted by atomic mass is 9.94. The van der Waals surface area contributed by atoms with E-state index < -0.39 is 0 Å². The quantitative estimate of drug-likeness (QED) is 0.792. The highest BCUT2D eigenvalue weighted by molar-refractivity contribution is 7.99. The normalized spacial score (nSPS) is 49.0. The topological polar surface area (TPSA) is 12.0 Å². The zero-order valence-electron chi connectivity index (χ0n) is 9.74. The molecule has 3 rings (SSSR count). The molecule has 0 heterocycles. The third-order valence-electron chi connectivity index (χ3n) is 4.91. The smallest absolute Gasteiger partial charge is 0.0101 e. The van der Waals surface area contributed by atoms with Gasteiger partial charge in [0.25, 0.3) is 0 Å². The summed E-state index contributed by atoms with van der Waals surface area (Å²) in [6, 6.07) is 1.75. The highest BCUT2D eigenvalue weighted by Crippen LogP contribution is 2.45. The summed E-state index contributed by atoms with van der Waals surface area (Å²) >= 11 is 2.07. The van der Waals surface area contributed by atoms with Crippen molar-refractivity contribution >= 4 is 11.8 Å². The molecule has 0 aromatic carbocycles. The average Bonchev–Trinajstić information content (AvgIpc) is 2.92. The lowest BCUT2D eigenvalue weighted by Gasteiger charge is -2.26. The molecule has 3 saturated carbocycles. The number of hydrogen-bond acceptors (Lipinski definition) is 2. The highest BCUT2D eigenvalue weighted by atomic mass is 32.2. The Hall–Kier alpha value is 0.310. The van der Waals surface area contributed by atoms with E-state index in [9.17, 15) is 0 Å². The van der Waals surface area contributed by atoms with Crippen LogP contribution in [0.15, 0.2) is 0 Å². The van der Waals surface area contributed by atoms with Gasteiger partial charge in [-0.05, 0) is 56.6 Å². The summed E-state index contributed by atoms with van der Waals surface area (Å²) in [5.74, 6) is 2.13. The summed E-state index contributed by atoms with van der Waals surface area (Å²) < 4.78 is 0. The van der Waals surface area contributed by atoms with Crippen LogP contribution in [0, 0.1) is 11.8 Å². The number of fused-ring (bicyclic) bond motifs is 2. The van der Waals surface area contributed by atoms with Gasteiger partial charge in [0.05, 0.1) is 0 Å². The number of nitrogens with one attached hydrogen (secondary N) is 1. The van der Waals surface area contributed by atoms with Crippen molar-refractivity contribution in [3.8, 4) is 0 Å². The van der Waals surface area contributed by atoms with E-state index in [1.165, 1.54) is 44.9 Å². The minimum absolute atomic E-state index is 0.854. The number of hydrogen-bond donors (Lipinski definition) is 1. The highest BCUT2D eigenvalue weighted by Gasteiger charge is 2.40. The molecule has 5 atom stereocenters. The Morgan fingerprint density at radius 2 is 1.93 bits per heavy atom. The predicted octanol–water partition coefficient (Wildman–Crippen LogP) is 3.05. The summed E-state index contributed by atoms with van der Waals surface area (Å²) in [6.45, 7) is 0. The Labute approximate surface area is 97.8 Å². The van der Waals surface area contributed by atoms with Gasteiger partial charge in [0.15, 0.2) is 0 Å². The van der Waals surface area contributed by atoms with Crippen molar-refractivity contribution in [3.63, 3.8) is 0 Å². The maximum absolute atomic E-state index is 3.96. The monoisotopic (exact) mass is 225 g/mol. The van der Waals surface area contributed by atoms with Crippen LogP contribution >= 0.6 is 11.8 Å². The van der Waals surface area contributed by atoms with Gasteiger partial charge in [-0.15, -0.1) is 0 Å². The van der Waals surface area contributed by atoms with E-state index in [1.54, 1.807) is 0 Å². The molecule has 0 radical (unpaired) electrons. The Morgan fingerprint density at radius 1 is 1.00 bits per heavy atom. The van der Waals surface area contributed by atoms with Crippen molar-refractivity contribution in [1.29, 1.82) is 0 Å². The Bertz CT molecular complexity index is 231. The molecule has 0 amide bonds. The van der Waals surface area contributed by atoms with Crippen molar-refractivity contribution in [2.75, 3.05) is 6.26 Å². The van der Waals surface area contributed by atoms with Gasteiger partial charge in [0.1, 0.15) is 0 Å². The van der Waals surface area contributed by atoms with E-state index in [2.05, 4.69) is 23.3 Å². The SMILES string of the molecule is CSC1CCC(NC2CC3CCC2C3)C1. The van der Waals surface area contributed by atoms with Crippen LogP contribution in [0.1, 0.15) is 44.9 Å². The molecular formula is C13H23NS. The predicted molar refractivity (Wildman–Crippen MR) is 67.3 cm³/mol. The van der Waals surface area contributed by atoms with Gasteiger partial charge in [0.2, 0.25) is 0 Å². The summed E-state index contributed by atoms with van der Waals surface area (Å²) in [7, 11) is 0. The zero-order valence-corrected chi connectivity index (χ0v) is 10.6. The zero-order chi connectivity index (χ0) is 10.3. The molecule has 0 aliphatic heterocycles. The van der Waals surface area contributed by atoms with Gasteiger partial charge < -0.3 is 5.32 Å². The van der Waals surface area contributed by atoms with Crippen molar-refractivity contribution in [3.05, 3.63) is 0 Å². The molecule has 0 aromatic rings. The van der Waals surface area contributed by atoms with Gasteiger partial charge >= 0.3 is 0 Å². The Balaban J connectivity index is 1.50. The molecule has 0 spiro atoms. The molecular weight excluding hydrogens is 202 g/mol. The van der Waals surface area contributed by atoms with Crippen molar-refractivity contribution in [1.82, 2.24) is 5.32 Å². The van der Waals surface area contributed by atoms with Gasteiger partial charge in [-0.1, -0.05) is 6.42 Å². The molecule has 5 unspecified atom stereocenters. The lowest BCUT2D eigenvalue weighted by molar-refractivity contribution is 0.318. The molecule has 0 aromatic heterocycles. The van der Waals surface area contributed by atoms with Crippen LogP contribution in [0.25, 0.3) is 0 Å². The first kappa shape index (κ1) is 10.5. The summed E-state index contributed by atoms with van der Waals surface area (Å²) in [5.41, 5.74) is 0. The summed E-state index contributed by atoms with van der Waals surface area (Å²) in [5, 5.41) is 4.91. The fourth-order valence-electron chi connectivity index (χ4n) is 4.06. The molecule has 3 fully saturated rings. The van der Waals surface area contributed by atoms with Crippen LogP contribution in [0.4, 0.5) is 0 Å². The fourth-order valence-corrected chi connectivity index (χ4v) is 4.85. The molecule has 3 aliphatic carbocycles. The first-order valence-electron chi connectivity index (χ1n) is 6.64. The molecule has 2 bridgehead atoms. The van der Waals surface area contributed by atoms with Gasteiger partial charge in [-0.25, -0.2) is 0 Å².